The third kappa shape index (κ3) is 5.62. The maximum absolute atomic E-state index is 13.1. The smallest absolute Gasteiger partial charge is 0.343 e. The molecule has 0 saturated carbocycles. The number of carbonyl (C=O) groups excluding carboxylic acids is 2. The van der Waals surface area contributed by atoms with E-state index in [1.54, 1.807) is 24.3 Å². The van der Waals surface area contributed by atoms with Crippen molar-refractivity contribution in [3.8, 4) is 5.75 Å². The summed E-state index contributed by atoms with van der Waals surface area (Å²) in [5.74, 6) is -0.108. The van der Waals surface area contributed by atoms with E-state index in [9.17, 15) is 14.0 Å². The van der Waals surface area contributed by atoms with E-state index in [0.29, 0.717) is 31.9 Å². The summed E-state index contributed by atoms with van der Waals surface area (Å²) in [5, 5.41) is 3.17. The normalized spacial score (nSPS) is 13.7. The molecular weight excluding hydrogens is 389 g/mol. The maximum Gasteiger partial charge on any atom is 0.343 e. The van der Waals surface area contributed by atoms with Gasteiger partial charge in [-0.1, -0.05) is 0 Å². The van der Waals surface area contributed by atoms with Gasteiger partial charge in [0.15, 0.2) is 6.61 Å². The summed E-state index contributed by atoms with van der Waals surface area (Å²) < 4.78 is 23.0. The Morgan fingerprint density at radius 2 is 1.77 bits per heavy atom. The second kappa shape index (κ2) is 9.96. The van der Waals surface area contributed by atoms with E-state index in [-0.39, 0.29) is 24.9 Å². The highest BCUT2D eigenvalue weighted by Gasteiger charge is 2.21. The predicted molar refractivity (Wildman–Crippen MR) is 112 cm³/mol. The number of ether oxygens (including phenoxy) is 2. The molecule has 1 N–H and O–H groups in total. The number of carbonyl (C=O) groups is 2. The number of hydrogen-bond acceptors (Lipinski definition) is 6. The van der Waals surface area contributed by atoms with Crippen molar-refractivity contribution in [2.24, 2.45) is 0 Å². The molecule has 1 aliphatic heterocycles. The lowest BCUT2D eigenvalue weighted by molar-refractivity contribution is -0.142. The van der Waals surface area contributed by atoms with Crippen LogP contribution >= 0.6 is 0 Å². The Morgan fingerprint density at radius 1 is 1.07 bits per heavy atom. The van der Waals surface area contributed by atoms with Crippen LogP contribution in [0.15, 0.2) is 42.5 Å². The molecule has 30 heavy (non-hydrogen) atoms. The molecular formula is C22H26FN3O4. The summed E-state index contributed by atoms with van der Waals surface area (Å²) >= 11 is 0. The van der Waals surface area contributed by atoms with Gasteiger partial charge in [-0.3, -0.25) is 4.79 Å². The van der Waals surface area contributed by atoms with Crippen LogP contribution in [-0.2, 0) is 14.3 Å². The minimum absolute atomic E-state index is 0.0270. The van der Waals surface area contributed by atoms with Crippen LogP contribution in [-0.4, -0.2) is 63.2 Å². The molecule has 1 heterocycles. The number of hydrogen-bond donors (Lipinski definition) is 1. The Kier molecular flexibility index (Phi) is 7.11. The molecule has 0 atom stereocenters. The highest BCUT2D eigenvalue weighted by atomic mass is 19.1. The Hall–Kier alpha value is -3.29. The van der Waals surface area contributed by atoms with Gasteiger partial charge in [-0.15, -0.1) is 0 Å². The Bertz CT molecular complexity index is 880. The molecule has 0 aliphatic carbocycles. The predicted octanol–water partition coefficient (Wildman–Crippen LogP) is 2.45. The van der Waals surface area contributed by atoms with Crippen LogP contribution in [0.25, 0.3) is 0 Å². The molecule has 1 saturated heterocycles. The second-order valence-electron chi connectivity index (χ2n) is 7.04. The number of amides is 1. The topological polar surface area (TPSA) is 71.1 Å². The number of methoxy groups -OCH3 is 1. The van der Waals surface area contributed by atoms with Crippen LogP contribution in [0.5, 0.6) is 5.75 Å². The number of halogens is 1. The van der Waals surface area contributed by atoms with E-state index in [0.717, 1.165) is 16.9 Å². The molecule has 1 amide bonds. The van der Waals surface area contributed by atoms with Crippen LogP contribution in [0.4, 0.5) is 15.8 Å². The molecule has 2 aromatic rings. The number of benzene rings is 2. The number of nitrogens with one attached hydrogen (secondary N) is 1. The van der Waals surface area contributed by atoms with Gasteiger partial charge in [0.2, 0.25) is 5.91 Å². The molecule has 2 aromatic carbocycles. The van der Waals surface area contributed by atoms with Crippen molar-refractivity contribution in [1.82, 2.24) is 4.90 Å². The minimum Gasteiger partial charge on any atom is -0.482 e. The standard InChI is InChI=1S/C22H26FN3O4/c1-16-13-19(30-15-22(28)29-2)7-8-20(16)24-14-21(27)26-11-9-25(10-12-26)18-5-3-17(23)4-6-18/h3-8,13,24H,9-12,14-15H2,1-2H3. The highest BCUT2D eigenvalue weighted by Crippen LogP contribution is 2.22. The zero-order valence-corrected chi connectivity index (χ0v) is 17.2. The van der Waals surface area contributed by atoms with Crippen molar-refractivity contribution in [2.75, 3.05) is 56.7 Å². The van der Waals surface area contributed by atoms with Crippen LogP contribution in [0, 0.1) is 12.7 Å². The van der Waals surface area contributed by atoms with Crippen LogP contribution < -0.4 is 15.0 Å². The van der Waals surface area contributed by atoms with Crippen LogP contribution in [0.1, 0.15) is 5.56 Å². The van der Waals surface area contributed by atoms with Gasteiger partial charge in [-0.2, -0.15) is 0 Å². The lowest BCUT2D eigenvalue weighted by Gasteiger charge is -2.36. The zero-order chi connectivity index (χ0) is 21.5. The van der Waals surface area contributed by atoms with Crippen molar-refractivity contribution in [2.45, 2.75) is 6.92 Å². The van der Waals surface area contributed by atoms with E-state index >= 15 is 0 Å². The van der Waals surface area contributed by atoms with Gasteiger partial charge in [0, 0.05) is 37.6 Å². The van der Waals surface area contributed by atoms with Crippen LogP contribution in [0.2, 0.25) is 0 Å². The van der Waals surface area contributed by atoms with Gasteiger partial charge in [0.25, 0.3) is 0 Å². The fourth-order valence-corrected chi connectivity index (χ4v) is 3.27. The van der Waals surface area contributed by atoms with Crippen molar-refractivity contribution < 1.29 is 23.5 Å². The highest BCUT2D eigenvalue weighted by molar-refractivity contribution is 5.81. The Balaban J connectivity index is 1.46. The molecule has 0 radical (unpaired) electrons. The van der Waals surface area contributed by atoms with Crippen molar-refractivity contribution in [3.63, 3.8) is 0 Å². The quantitative estimate of drug-likeness (QED) is 0.701. The molecule has 0 unspecified atom stereocenters. The zero-order valence-electron chi connectivity index (χ0n) is 17.2. The first kappa shape index (κ1) is 21.4. The molecule has 0 bridgehead atoms. The first-order valence-corrected chi connectivity index (χ1v) is 9.78. The summed E-state index contributed by atoms with van der Waals surface area (Å²) in [5.41, 5.74) is 2.71. The molecule has 160 valence electrons. The lowest BCUT2D eigenvalue weighted by Crippen LogP contribution is -2.50. The molecule has 0 spiro atoms. The molecule has 3 rings (SSSR count). The third-order valence-electron chi connectivity index (χ3n) is 5.04. The number of anilines is 2. The number of piperazine rings is 1. The molecule has 1 fully saturated rings. The average Bonchev–Trinajstić information content (AvgIpc) is 2.77. The van der Waals surface area contributed by atoms with Gasteiger partial charge in [0.1, 0.15) is 11.6 Å². The number of esters is 1. The molecule has 0 aromatic heterocycles. The second-order valence-corrected chi connectivity index (χ2v) is 7.04. The molecule has 8 heteroatoms. The van der Waals surface area contributed by atoms with Gasteiger partial charge in [-0.05, 0) is 55.0 Å². The van der Waals surface area contributed by atoms with Gasteiger partial charge in [-0.25, -0.2) is 9.18 Å². The van der Waals surface area contributed by atoms with Crippen molar-refractivity contribution >= 4 is 23.3 Å². The van der Waals surface area contributed by atoms with Gasteiger partial charge < -0.3 is 24.6 Å². The number of nitrogens with zero attached hydrogens (tertiary/aromatic N) is 2. The van der Waals surface area contributed by atoms with E-state index in [2.05, 4.69) is 15.0 Å². The van der Waals surface area contributed by atoms with E-state index < -0.39 is 5.97 Å². The SMILES string of the molecule is COC(=O)COc1ccc(NCC(=O)N2CCN(c3ccc(F)cc3)CC2)c(C)c1. The van der Waals surface area contributed by atoms with Crippen molar-refractivity contribution in [3.05, 3.63) is 53.8 Å². The summed E-state index contributed by atoms with van der Waals surface area (Å²) in [7, 11) is 1.31. The molecule has 1 aliphatic rings. The monoisotopic (exact) mass is 415 g/mol. The largest absolute Gasteiger partial charge is 0.482 e. The van der Waals surface area contributed by atoms with E-state index in [4.69, 9.17) is 4.74 Å². The lowest BCUT2D eigenvalue weighted by atomic mass is 10.2. The summed E-state index contributed by atoms with van der Waals surface area (Å²) in [6.07, 6.45) is 0. The number of aryl methyl sites for hydroxylation is 1. The summed E-state index contributed by atoms with van der Waals surface area (Å²) in [6, 6.07) is 11.8. The fourth-order valence-electron chi connectivity index (χ4n) is 3.27. The average molecular weight is 415 g/mol. The van der Waals surface area contributed by atoms with Crippen molar-refractivity contribution in [1.29, 1.82) is 0 Å². The van der Waals surface area contributed by atoms with Gasteiger partial charge in [0.05, 0.1) is 13.7 Å². The summed E-state index contributed by atoms with van der Waals surface area (Å²) in [6.45, 7) is 4.61. The van der Waals surface area contributed by atoms with E-state index in [1.807, 2.05) is 17.9 Å². The molecule has 7 nitrogen and oxygen atoms in total. The maximum atomic E-state index is 13.1. The van der Waals surface area contributed by atoms with E-state index in [1.165, 1.54) is 19.2 Å². The van der Waals surface area contributed by atoms with Crippen LogP contribution in [0.3, 0.4) is 0 Å². The first-order chi connectivity index (χ1) is 14.5. The third-order valence-corrected chi connectivity index (χ3v) is 5.04. The Morgan fingerprint density at radius 3 is 2.40 bits per heavy atom. The minimum atomic E-state index is -0.444. The summed E-state index contributed by atoms with van der Waals surface area (Å²) in [4.78, 5) is 27.7. The van der Waals surface area contributed by atoms with Gasteiger partial charge >= 0.3 is 5.97 Å². The first-order valence-electron chi connectivity index (χ1n) is 9.78. The Labute approximate surface area is 175 Å². The number of rotatable bonds is 7. The fraction of sp³-hybridized carbons (Fsp3) is 0.364.